The van der Waals surface area contributed by atoms with Crippen molar-refractivity contribution in [3.05, 3.63) is 11.7 Å². The number of ether oxygens (including phenoxy) is 2. The molecule has 2 aliphatic rings. The van der Waals surface area contributed by atoms with Gasteiger partial charge < -0.3 is 14.0 Å². The molecule has 0 N–H and O–H groups in total. The molecule has 110 valence electrons. The first-order valence-electron chi connectivity index (χ1n) is 7.31. The van der Waals surface area contributed by atoms with Gasteiger partial charge in [0.2, 0.25) is 11.7 Å². The Morgan fingerprint density at radius 3 is 2.80 bits per heavy atom. The molecule has 0 bridgehead atoms. The first-order valence-corrected chi connectivity index (χ1v) is 7.31. The smallest absolute Gasteiger partial charge is 0.234 e. The minimum atomic E-state index is -0.516. The number of ketones is 1. The number of nitrogens with zero attached hydrogens (tertiary/aromatic N) is 2. The van der Waals surface area contributed by atoms with Gasteiger partial charge in [-0.25, -0.2) is 0 Å². The Kier molecular flexibility index (Phi) is 3.85. The Hall–Kier alpha value is -1.27. The maximum Gasteiger partial charge on any atom is 0.234 e. The van der Waals surface area contributed by atoms with Crippen LogP contribution in [0.1, 0.15) is 44.3 Å². The van der Waals surface area contributed by atoms with Gasteiger partial charge in [0.1, 0.15) is 11.4 Å². The Labute approximate surface area is 117 Å². The highest BCUT2D eigenvalue weighted by atomic mass is 16.5. The van der Waals surface area contributed by atoms with Gasteiger partial charge >= 0.3 is 0 Å². The van der Waals surface area contributed by atoms with Crippen molar-refractivity contribution in [2.45, 2.75) is 44.6 Å². The summed E-state index contributed by atoms with van der Waals surface area (Å²) in [5.41, 5.74) is -0.516. The van der Waals surface area contributed by atoms with Gasteiger partial charge in [0, 0.05) is 38.6 Å². The summed E-state index contributed by atoms with van der Waals surface area (Å²) in [6, 6.07) is 0. The fourth-order valence-electron chi connectivity index (χ4n) is 2.62. The number of rotatable bonds is 6. The molecule has 0 atom stereocenters. The molecule has 1 saturated heterocycles. The first kappa shape index (κ1) is 13.7. The van der Waals surface area contributed by atoms with Gasteiger partial charge in [-0.05, 0) is 19.8 Å². The van der Waals surface area contributed by atoms with Crippen LogP contribution in [0.4, 0.5) is 0 Å². The largest absolute Gasteiger partial charge is 0.381 e. The SMILES string of the molecule is CCOC1(c2noc(CC(=O)C3CC3)n2)CCOCC1. The van der Waals surface area contributed by atoms with Crippen molar-refractivity contribution >= 4 is 5.78 Å². The van der Waals surface area contributed by atoms with Crippen molar-refractivity contribution in [1.29, 1.82) is 0 Å². The summed E-state index contributed by atoms with van der Waals surface area (Å²) in [4.78, 5) is 16.2. The molecule has 0 radical (unpaired) electrons. The van der Waals surface area contributed by atoms with Crippen LogP contribution in [0.3, 0.4) is 0 Å². The summed E-state index contributed by atoms with van der Waals surface area (Å²) in [6.07, 6.45) is 3.68. The molecule has 2 heterocycles. The monoisotopic (exact) mass is 280 g/mol. The van der Waals surface area contributed by atoms with Crippen LogP contribution < -0.4 is 0 Å². The normalized spacial score (nSPS) is 21.9. The predicted octanol–water partition coefficient (Wildman–Crippen LogP) is 1.63. The van der Waals surface area contributed by atoms with Crippen LogP contribution in [0.5, 0.6) is 0 Å². The molecule has 6 heteroatoms. The second-order valence-corrected chi connectivity index (χ2v) is 5.47. The van der Waals surface area contributed by atoms with Crippen molar-refractivity contribution in [1.82, 2.24) is 10.1 Å². The molecule has 1 aliphatic carbocycles. The highest BCUT2D eigenvalue weighted by molar-refractivity contribution is 5.84. The quantitative estimate of drug-likeness (QED) is 0.788. The van der Waals surface area contributed by atoms with Gasteiger partial charge in [-0.2, -0.15) is 4.98 Å². The van der Waals surface area contributed by atoms with E-state index in [1.54, 1.807) is 0 Å². The fraction of sp³-hybridized carbons (Fsp3) is 0.786. The molecular weight excluding hydrogens is 260 g/mol. The van der Waals surface area contributed by atoms with Crippen LogP contribution in [-0.4, -0.2) is 35.7 Å². The highest BCUT2D eigenvalue weighted by Gasteiger charge is 2.40. The highest BCUT2D eigenvalue weighted by Crippen LogP contribution is 2.35. The van der Waals surface area contributed by atoms with Crippen LogP contribution >= 0.6 is 0 Å². The standard InChI is InChI=1S/C14H20N2O4/c1-2-19-14(5-7-18-8-6-14)13-15-12(20-16-13)9-11(17)10-3-4-10/h10H,2-9H2,1H3. The molecule has 20 heavy (non-hydrogen) atoms. The molecule has 1 aliphatic heterocycles. The van der Waals surface area contributed by atoms with Gasteiger partial charge in [0.15, 0.2) is 0 Å². The number of carbonyl (C=O) groups is 1. The zero-order valence-electron chi connectivity index (χ0n) is 11.8. The maximum atomic E-state index is 11.8. The summed E-state index contributed by atoms with van der Waals surface area (Å²) in [6.45, 7) is 3.80. The van der Waals surface area contributed by atoms with E-state index in [2.05, 4.69) is 10.1 Å². The molecule has 6 nitrogen and oxygen atoms in total. The number of Topliss-reactive ketones (excluding diaryl/α,β-unsaturated/α-hetero) is 1. The van der Waals surface area contributed by atoms with E-state index in [1.165, 1.54) is 0 Å². The summed E-state index contributed by atoms with van der Waals surface area (Å²) in [5, 5.41) is 4.04. The molecule has 0 aromatic carbocycles. The average Bonchev–Trinajstić information content (AvgIpc) is 3.21. The predicted molar refractivity (Wildman–Crippen MR) is 69.1 cm³/mol. The van der Waals surface area contributed by atoms with Gasteiger partial charge in [-0.15, -0.1) is 0 Å². The molecule has 0 spiro atoms. The zero-order valence-corrected chi connectivity index (χ0v) is 11.8. The van der Waals surface area contributed by atoms with Crippen LogP contribution in [0.15, 0.2) is 4.52 Å². The topological polar surface area (TPSA) is 74.5 Å². The van der Waals surface area contributed by atoms with Crippen molar-refractivity contribution in [2.24, 2.45) is 5.92 Å². The third-order valence-electron chi connectivity index (χ3n) is 3.95. The van der Waals surface area contributed by atoms with Crippen molar-refractivity contribution in [3.63, 3.8) is 0 Å². The lowest BCUT2D eigenvalue weighted by molar-refractivity contribution is -0.120. The minimum absolute atomic E-state index is 0.206. The lowest BCUT2D eigenvalue weighted by Gasteiger charge is -2.33. The Bertz CT molecular complexity index is 470. The second-order valence-electron chi connectivity index (χ2n) is 5.47. The van der Waals surface area contributed by atoms with Crippen LogP contribution in [0.2, 0.25) is 0 Å². The maximum absolute atomic E-state index is 11.8. The molecule has 3 rings (SSSR count). The molecular formula is C14H20N2O4. The number of hydrogen-bond donors (Lipinski definition) is 0. The summed E-state index contributed by atoms with van der Waals surface area (Å²) in [5.74, 6) is 1.38. The van der Waals surface area contributed by atoms with Gasteiger partial charge in [-0.1, -0.05) is 5.16 Å². The van der Waals surface area contributed by atoms with Crippen molar-refractivity contribution in [3.8, 4) is 0 Å². The van der Waals surface area contributed by atoms with E-state index < -0.39 is 5.60 Å². The fourth-order valence-corrected chi connectivity index (χ4v) is 2.62. The molecule has 2 fully saturated rings. The van der Waals surface area contributed by atoms with Gasteiger partial charge in [0.05, 0.1) is 6.42 Å². The first-order chi connectivity index (χ1) is 9.73. The Morgan fingerprint density at radius 1 is 1.40 bits per heavy atom. The average molecular weight is 280 g/mol. The molecule has 1 aromatic heterocycles. The van der Waals surface area contributed by atoms with E-state index in [4.69, 9.17) is 14.0 Å². The summed E-state index contributed by atoms with van der Waals surface area (Å²) < 4.78 is 16.5. The lowest BCUT2D eigenvalue weighted by atomic mass is 9.93. The van der Waals surface area contributed by atoms with E-state index >= 15 is 0 Å². The van der Waals surface area contributed by atoms with E-state index in [1.807, 2.05) is 6.92 Å². The number of aromatic nitrogens is 2. The molecule has 1 saturated carbocycles. The third kappa shape index (κ3) is 2.76. The van der Waals surface area contributed by atoms with E-state index in [0.717, 1.165) is 25.7 Å². The molecule has 0 amide bonds. The third-order valence-corrected chi connectivity index (χ3v) is 3.95. The number of carbonyl (C=O) groups excluding carboxylic acids is 1. The van der Waals surface area contributed by atoms with Crippen LogP contribution in [0.25, 0.3) is 0 Å². The van der Waals surface area contributed by atoms with E-state index in [-0.39, 0.29) is 18.1 Å². The second kappa shape index (κ2) is 5.61. The summed E-state index contributed by atoms with van der Waals surface area (Å²) in [7, 11) is 0. The van der Waals surface area contributed by atoms with Crippen LogP contribution in [0, 0.1) is 5.92 Å². The van der Waals surface area contributed by atoms with E-state index in [0.29, 0.717) is 31.5 Å². The van der Waals surface area contributed by atoms with E-state index in [9.17, 15) is 4.79 Å². The molecule has 1 aromatic rings. The Morgan fingerprint density at radius 2 is 2.15 bits per heavy atom. The van der Waals surface area contributed by atoms with Gasteiger partial charge in [-0.3, -0.25) is 4.79 Å². The zero-order chi connectivity index (χ0) is 14.0. The summed E-state index contributed by atoms with van der Waals surface area (Å²) >= 11 is 0. The lowest BCUT2D eigenvalue weighted by Crippen LogP contribution is -2.37. The minimum Gasteiger partial charge on any atom is -0.381 e. The molecule has 0 unspecified atom stereocenters. The Balaban J connectivity index is 1.74. The van der Waals surface area contributed by atoms with Crippen molar-refractivity contribution in [2.75, 3.05) is 19.8 Å². The number of hydrogen-bond acceptors (Lipinski definition) is 6. The van der Waals surface area contributed by atoms with Crippen molar-refractivity contribution < 1.29 is 18.8 Å². The van der Waals surface area contributed by atoms with Crippen LogP contribution in [-0.2, 0) is 26.3 Å². The van der Waals surface area contributed by atoms with Gasteiger partial charge in [0.25, 0.3) is 0 Å².